The van der Waals surface area contributed by atoms with Crippen LogP contribution < -0.4 is 10.6 Å². The van der Waals surface area contributed by atoms with E-state index in [9.17, 15) is 0 Å². The Bertz CT molecular complexity index is 878. The van der Waals surface area contributed by atoms with Crippen molar-refractivity contribution < 1.29 is 4.52 Å². The highest BCUT2D eigenvalue weighted by molar-refractivity contribution is 6.30. The molecule has 0 bridgehead atoms. The standard InChI is InChI=1S/C19H20ClN5O/c1-13(14-7-4-3-5-8-14)23-19(21-2)22-12-17-24-18(25-26-17)15-9-6-10-16(20)11-15/h3-11,13H,12H2,1-2H3,(H2,21,22,23). The maximum atomic E-state index is 6.00. The number of hydrogen-bond donors (Lipinski definition) is 2. The molecule has 0 aliphatic heterocycles. The molecule has 3 aromatic rings. The molecule has 0 radical (unpaired) electrons. The Morgan fingerprint density at radius 3 is 2.73 bits per heavy atom. The summed E-state index contributed by atoms with van der Waals surface area (Å²) >= 11 is 6.00. The maximum absolute atomic E-state index is 6.00. The molecule has 0 amide bonds. The van der Waals surface area contributed by atoms with Gasteiger partial charge in [-0.15, -0.1) is 0 Å². The van der Waals surface area contributed by atoms with Gasteiger partial charge in [0.25, 0.3) is 0 Å². The molecule has 2 aromatic carbocycles. The van der Waals surface area contributed by atoms with Gasteiger partial charge in [0.15, 0.2) is 5.96 Å². The van der Waals surface area contributed by atoms with E-state index in [1.807, 2.05) is 30.3 Å². The van der Waals surface area contributed by atoms with Crippen LogP contribution >= 0.6 is 11.6 Å². The van der Waals surface area contributed by atoms with Gasteiger partial charge in [0.05, 0.1) is 12.6 Å². The molecule has 0 saturated heterocycles. The molecule has 0 aliphatic rings. The largest absolute Gasteiger partial charge is 0.350 e. The summed E-state index contributed by atoms with van der Waals surface area (Å²) in [6, 6.07) is 17.6. The molecule has 0 spiro atoms. The average molecular weight is 370 g/mol. The number of aliphatic imine (C=N–C) groups is 1. The first-order valence-corrected chi connectivity index (χ1v) is 8.64. The highest BCUT2D eigenvalue weighted by Crippen LogP contribution is 2.19. The van der Waals surface area contributed by atoms with Crippen molar-refractivity contribution in [1.82, 2.24) is 20.8 Å². The van der Waals surface area contributed by atoms with Crippen LogP contribution in [0, 0.1) is 0 Å². The van der Waals surface area contributed by atoms with Crippen LogP contribution in [0.2, 0.25) is 5.02 Å². The maximum Gasteiger partial charge on any atom is 0.246 e. The second kappa shape index (κ2) is 8.49. The zero-order valence-electron chi connectivity index (χ0n) is 14.6. The Balaban J connectivity index is 1.59. The number of aromatic nitrogens is 2. The third kappa shape index (κ3) is 4.61. The minimum atomic E-state index is 0.118. The van der Waals surface area contributed by atoms with Crippen molar-refractivity contribution in [1.29, 1.82) is 0 Å². The van der Waals surface area contributed by atoms with E-state index in [4.69, 9.17) is 16.1 Å². The first kappa shape index (κ1) is 17.9. The van der Waals surface area contributed by atoms with Crippen LogP contribution in [0.1, 0.15) is 24.4 Å². The topological polar surface area (TPSA) is 75.3 Å². The molecule has 3 rings (SSSR count). The van der Waals surface area contributed by atoms with Crippen molar-refractivity contribution in [2.24, 2.45) is 4.99 Å². The second-order valence-corrected chi connectivity index (χ2v) is 6.16. The summed E-state index contributed by atoms with van der Waals surface area (Å²) in [4.78, 5) is 8.62. The molecule has 0 aliphatic carbocycles. The van der Waals surface area contributed by atoms with E-state index in [2.05, 4.69) is 44.8 Å². The molecule has 1 unspecified atom stereocenters. The third-order valence-electron chi connectivity index (χ3n) is 3.83. The van der Waals surface area contributed by atoms with E-state index in [1.54, 1.807) is 19.2 Å². The number of nitrogens with zero attached hydrogens (tertiary/aromatic N) is 3. The van der Waals surface area contributed by atoms with E-state index >= 15 is 0 Å². The number of rotatable bonds is 5. The van der Waals surface area contributed by atoms with Crippen LogP contribution in [0.4, 0.5) is 0 Å². The van der Waals surface area contributed by atoms with Crippen LogP contribution in [0.3, 0.4) is 0 Å². The van der Waals surface area contributed by atoms with Gasteiger partial charge in [-0.25, -0.2) is 0 Å². The lowest BCUT2D eigenvalue weighted by Gasteiger charge is -2.17. The van der Waals surface area contributed by atoms with Crippen molar-refractivity contribution in [3.05, 3.63) is 71.1 Å². The average Bonchev–Trinajstić information content (AvgIpc) is 3.15. The predicted octanol–water partition coefficient (Wildman–Crippen LogP) is 3.82. The van der Waals surface area contributed by atoms with Crippen LogP contribution in [-0.2, 0) is 6.54 Å². The molecule has 2 N–H and O–H groups in total. The van der Waals surface area contributed by atoms with Crippen molar-refractivity contribution in [3.8, 4) is 11.4 Å². The van der Waals surface area contributed by atoms with Gasteiger partial charge in [-0.05, 0) is 24.6 Å². The molecular formula is C19H20ClN5O. The minimum absolute atomic E-state index is 0.118. The number of hydrogen-bond acceptors (Lipinski definition) is 4. The fourth-order valence-electron chi connectivity index (χ4n) is 2.46. The fourth-order valence-corrected chi connectivity index (χ4v) is 2.65. The fraction of sp³-hybridized carbons (Fsp3) is 0.211. The lowest BCUT2D eigenvalue weighted by molar-refractivity contribution is 0.375. The molecule has 6 nitrogen and oxygen atoms in total. The third-order valence-corrected chi connectivity index (χ3v) is 4.07. The summed E-state index contributed by atoms with van der Waals surface area (Å²) in [6.45, 7) is 2.45. The molecule has 134 valence electrons. The SMILES string of the molecule is CN=C(NCc1nc(-c2cccc(Cl)c2)no1)NC(C)c1ccccc1. The van der Waals surface area contributed by atoms with Crippen molar-refractivity contribution in [2.45, 2.75) is 19.5 Å². The second-order valence-electron chi connectivity index (χ2n) is 5.72. The summed E-state index contributed by atoms with van der Waals surface area (Å²) in [6.07, 6.45) is 0. The Morgan fingerprint density at radius 1 is 1.19 bits per heavy atom. The monoisotopic (exact) mass is 369 g/mol. The Morgan fingerprint density at radius 2 is 2.00 bits per heavy atom. The van der Waals surface area contributed by atoms with Gasteiger partial charge in [0.1, 0.15) is 0 Å². The van der Waals surface area contributed by atoms with E-state index in [1.165, 1.54) is 5.56 Å². The van der Waals surface area contributed by atoms with Gasteiger partial charge in [-0.2, -0.15) is 4.98 Å². The van der Waals surface area contributed by atoms with Gasteiger partial charge < -0.3 is 15.2 Å². The summed E-state index contributed by atoms with van der Waals surface area (Å²) < 4.78 is 5.29. The Labute approximate surface area is 157 Å². The van der Waals surface area contributed by atoms with Gasteiger partial charge in [-0.1, -0.05) is 59.2 Å². The van der Waals surface area contributed by atoms with Crippen LogP contribution in [0.15, 0.2) is 64.1 Å². The van der Waals surface area contributed by atoms with Gasteiger partial charge in [-0.3, -0.25) is 4.99 Å². The molecule has 7 heteroatoms. The lowest BCUT2D eigenvalue weighted by atomic mass is 10.1. The lowest BCUT2D eigenvalue weighted by Crippen LogP contribution is -2.38. The van der Waals surface area contributed by atoms with Crippen LogP contribution in [-0.4, -0.2) is 23.1 Å². The van der Waals surface area contributed by atoms with Gasteiger partial charge in [0, 0.05) is 17.6 Å². The zero-order chi connectivity index (χ0) is 18.4. The molecule has 1 atom stereocenters. The zero-order valence-corrected chi connectivity index (χ0v) is 15.4. The van der Waals surface area contributed by atoms with Gasteiger partial charge in [0.2, 0.25) is 11.7 Å². The summed E-state index contributed by atoms with van der Waals surface area (Å²) in [5.41, 5.74) is 1.99. The van der Waals surface area contributed by atoms with Crippen molar-refractivity contribution in [2.75, 3.05) is 7.05 Å². The van der Waals surface area contributed by atoms with Crippen LogP contribution in [0.25, 0.3) is 11.4 Å². The molecule has 1 aromatic heterocycles. The summed E-state index contributed by atoms with van der Waals surface area (Å²) in [5.74, 6) is 1.63. The predicted molar refractivity (Wildman–Crippen MR) is 103 cm³/mol. The molecule has 0 fully saturated rings. The highest BCUT2D eigenvalue weighted by Gasteiger charge is 2.11. The van der Waals surface area contributed by atoms with Crippen molar-refractivity contribution in [3.63, 3.8) is 0 Å². The molecule has 26 heavy (non-hydrogen) atoms. The minimum Gasteiger partial charge on any atom is -0.350 e. The van der Waals surface area contributed by atoms with E-state index < -0.39 is 0 Å². The Kier molecular flexibility index (Phi) is 5.86. The number of benzene rings is 2. The molecular weight excluding hydrogens is 350 g/mol. The first-order chi connectivity index (χ1) is 12.7. The Hall–Kier alpha value is -2.86. The first-order valence-electron chi connectivity index (χ1n) is 8.26. The number of halogens is 1. The van der Waals surface area contributed by atoms with Crippen molar-refractivity contribution >= 4 is 17.6 Å². The van der Waals surface area contributed by atoms with Crippen LogP contribution in [0.5, 0.6) is 0 Å². The smallest absolute Gasteiger partial charge is 0.246 e. The normalized spacial score (nSPS) is 12.7. The van der Waals surface area contributed by atoms with E-state index in [-0.39, 0.29) is 6.04 Å². The number of nitrogens with one attached hydrogen (secondary N) is 2. The van der Waals surface area contributed by atoms with E-state index in [0.717, 1.165) is 5.56 Å². The summed E-state index contributed by atoms with van der Waals surface area (Å²) in [5, 5.41) is 11.1. The quantitative estimate of drug-likeness (QED) is 0.528. The summed E-state index contributed by atoms with van der Waals surface area (Å²) in [7, 11) is 1.72. The molecule has 0 saturated carbocycles. The molecule has 1 heterocycles. The highest BCUT2D eigenvalue weighted by atomic mass is 35.5. The van der Waals surface area contributed by atoms with E-state index in [0.29, 0.717) is 29.2 Å². The number of guanidine groups is 1. The van der Waals surface area contributed by atoms with Gasteiger partial charge >= 0.3 is 0 Å².